The van der Waals surface area contributed by atoms with Crippen molar-refractivity contribution in [3.05, 3.63) is 18.1 Å². The van der Waals surface area contributed by atoms with Gasteiger partial charge in [0.25, 0.3) is 0 Å². The average molecular weight is 334 g/mol. The largest absolute Gasteiger partial charge is 0.434 e. The van der Waals surface area contributed by atoms with E-state index < -0.39 is 36.1 Å². The Balaban J connectivity index is 2.06. The number of hydrogen-bond acceptors (Lipinski definition) is 7. The van der Waals surface area contributed by atoms with Crippen molar-refractivity contribution in [2.45, 2.75) is 24.5 Å². The SMILES string of the molecule is CNC[C@H]1OCC(C=Nc2cncc(C(F)(F)F)n2)[C@@H](O)[C@H]1O. The number of hydrogen-bond donors (Lipinski definition) is 3. The number of aliphatic imine (C=N–C) groups is 1. The van der Waals surface area contributed by atoms with Crippen molar-refractivity contribution in [1.82, 2.24) is 15.3 Å². The lowest BCUT2D eigenvalue weighted by molar-refractivity contribution is -0.146. The summed E-state index contributed by atoms with van der Waals surface area (Å²) in [5.74, 6) is -0.895. The molecule has 2 rings (SSSR count). The first kappa shape index (κ1) is 17.7. The van der Waals surface area contributed by atoms with Crippen molar-refractivity contribution >= 4 is 12.0 Å². The molecule has 7 nitrogen and oxygen atoms in total. The van der Waals surface area contributed by atoms with Gasteiger partial charge in [-0.2, -0.15) is 13.2 Å². The second-order valence-electron chi connectivity index (χ2n) is 5.11. The summed E-state index contributed by atoms with van der Waals surface area (Å²) >= 11 is 0. The zero-order valence-corrected chi connectivity index (χ0v) is 12.2. The van der Waals surface area contributed by atoms with Crippen LogP contribution in [0.25, 0.3) is 0 Å². The van der Waals surface area contributed by atoms with Gasteiger partial charge >= 0.3 is 6.18 Å². The lowest BCUT2D eigenvalue weighted by atomic mass is 9.93. The summed E-state index contributed by atoms with van der Waals surface area (Å²) in [6.45, 7) is 0.446. The Hall–Kier alpha value is -1.62. The summed E-state index contributed by atoms with van der Waals surface area (Å²) in [5, 5.41) is 22.8. The Morgan fingerprint density at radius 3 is 2.78 bits per heavy atom. The van der Waals surface area contributed by atoms with E-state index in [4.69, 9.17) is 4.74 Å². The second-order valence-corrected chi connectivity index (χ2v) is 5.11. The predicted molar refractivity (Wildman–Crippen MR) is 74.4 cm³/mol. The van der Waals surface area contributed by atoms with Crippen LogP contribution in [0.15, 0.2) is 17.4 Å². The number of ether oxygens (including phenoxy) is 1. The molecule has 1 aliphatic heterocycles. The van der Waals surface area contributed by atoms with Crippen LogP contribution in [-0.2, 0) is 10.9 Å². The Bertz CT molecular complexity index is 556. The molecule has 1 unspecified atom stereocenters. The second kappa shape index (κ2) is 7.30. The molecule has 0 bridgehead atoms. The standard InChI is InChI=1S/C13H17F3N4O3/c1-17-3-8-12(22)11(21)7(6-23-8)2-19-10-5-18-4-9(20-10)13(14,15)16/h2,4-5,7-8,11-12,17,21-22H,3,6H2,1H3/t7?,8-,11-,12+/m1/s1. The van der Waals surface area contributed by atoms with E-state index in [1.165, 1.54) is 6.21 Å². The van der Waals surface area contributed by atoms with Gasteiger partial charge in [-0.05, 0) is 7.05 Å². The third-order valence-corrected chi connectivity index (χ3v) is 3.39. The summed E-state index contributed by atoms with van der Waals surface area (Å²) in [4.78, 5) is 10.6. The predicted octanol–water partition coefficient (Wildman–Crippen LogP) is 0.154. The molecule has 0 spiro atoms. The van der Waals surface area contributed by atoms with Crippen LogP contribution in [0.1, 0.15) is 5.69 Å². The molecule has 1 aliphatic rings. The van der Waals surface area contributed by atoms with Crippen LogP contribution in [-0.4, -0.2) is 64.9 Å². The van der Waals surface area contributed by atoms with Gasteiger partial charge in [0, 0.05) is 18.7 Å². The summed E-state index contributed by atoms with van der Waals surface area (Å²) in [6, 6.07) is 0. The molecule has 23 heavy (non-hydrogen) atoms. The first-order valence-electron chi connectivity index (χ1n) is 6.88. The number of alkyl halides is 3. The van der Waals surface area contributed by atoms with Gasteiger partial charge in [-0.1, -0.05) is 0 Å². The van der Waals surface area contributed by atoms with Gasteiger partial charge in [-0.15, -0.1) is 0 Å². The van der Waals surface area contributed by atoms with Gasteiger partial charge in [-0.3, -0.25) is 4.98 Å². The molecule has 1 aromatic heterocycles. The Labute approximate surface area is 130 Å². The van der Waals surface area contributed by atoms with Crippen LogP contribution in [0, 0.1) is 5.92 Å². The van der Waals surface area contributed by atoms with Crippen molar-refractivity contribution in [1.29, 1.82) is 0 Å². The third kappa shape index (κ3) is 4.44. The molecule has 0 aliphatic carbocycles. The maximum Gasteiger partial charge on any atom is 0.434 e. The highest BCUT2D eigenvalue weighted by Crippen LogP contribution is 2.28. The molecular formula is C13H17F3N4O3. The molecule has 10 heteroatoms. The number of aromatic nitrogens is 2. The monoisotopic (exact) mass is 334 g/mol. The molecule has 0 aromatic carbocycles. The molecule has 1 saturated heterocycles. The number of nitrogens with one attached hydrogen (secondary N) is 1. The number of nitrogens with zero attached hydrogens (tertiary/aromatic N) is 3. The van der Waals surface area contributed by atoms with Crippen molar-refractivity contribution in [2.24, 2.45) is 10.9 Å². The molecule has 1 fully saturated rings. The first-order chi connectivity index (χ1) is 10.8. The lowest BCUT2D eigenvalue weighted by Crippen LogP contribution is -2.53. The van der Waals surface area contributed by atoms with E-state index in [1.807, 2.05) is 0 Å². The minimum atomic E-state index is -4.61. The Morgan fingerprint density at radius 2 is 2.13 bits per heavy atom. The number of aliphatic hydroxyl groups excluding tert-OH is 2. The maximum absolute atomic E-state index is 12.5. The highest BCUT2D eigenvalue weighted by atomic mass is 19.4. The zero-order chi connectivity index (χ0) is 17.0. The molecule has 1 aromatic rings. The van der Waals surface area contributed by atoms with Crippen LogP contribution in [0.4, 0.5) is 19.0 Å². The van der Waals surface area contributed by atoms with Gasteiger partial charge in [0.15, 0.2) is 11.5 Å². The number of likely N-dealkylation sites (N-methyl/N-ethyl adjacent to an activating group) is 1. The number of rotatable bonds is 4. The molecular weight excluding hydrogens is 317 g/mol. The summed E-state index contributed by atoms with van der Waals surface area (Å²) in [6.07, 6.45) is -4.54. The number of aliphatic hydroxyl groups is 2. The maximum atomic E-state index is 12.5. The fraction of sp³-hybridized carbons (Fsp3) is 0.615. The van der Waals surface area contributed by atoms with E-state index in [2.05, 4.69) is 20.3 Å². The van der Waals surface area contributed by atoms with Gasteiger partial charge in [0.05, 0.1) is 31.2 Å². The van der Waals surface area contributed by atoms with E-state index in [1.54, 1.807) is 7.05 Å². The van der Waals surface area contributed by atoms with Crippen LogP contribution >= 0.6 is 0 Å². The average Bonchev–Trinajstić information content (AvgIpc) is 2.51. The summed E-state index contributed by atoms with van der Waals surface area (Å²) in [7, 11) is 1.68. The Morgan fingerprint density at radius 1 is 1.39 bits per heavy atom. The van der Waals surface area contributed by atoms with Crippen LogP contribution in [0.3, 0.4) is 0 Å². The third-order valence-electron chi connectivity index (χ3n) is 3.39. The van der Waals surface area contributed by atoms with Crippen molar-refractivity contribution < 1.29 is 28.1 Å². The van der Waals surface area contributed by atoms with Crippen LogP contribution in [0.2, 0.25) is 0 Å². The van der Waals surface area contributed by atoms with E-state index >= 15 is 0 Å². The van der Waals surface area contributed by atoms with E-state index in [0.717, 1.165) is 6.20 Å². The van der Waals surface area contributed by atoms with Crippen molar-refractivity contribution in [3.63, 3.8) is 0 Å². The number of halogens is 3. The molecule has 128 valence electrons. The Kier molecular flexibility index (Phi) is 5.63. The minimum absolute atomic E-state index is 0.0838. The van der Waals surface area contributed by atoms with Gasteiger partial charge in [0.2, 0.25) is 0 Å². The van der Waals surface area contributed by atoms with Crippen molar-refractivity contribution in [3.8, 4) is 0 Å². The smallest absolute Gasteiger partial charge is 0.390 e. The zero-order valence-electron chi connectivity index (χ0n) is 12.2. The van der Waals surface area contributed by atoms with Crippen LogP contribution < -0.4 is 5.32 Å². The van der Waals surface area contributed by atoms with Crippen LogP contribution in [0.5, 0.6) is 0 Å². The molecule has 0 saturated carbocycles. The first-order valence-corrected chi connectivity index (χ1v) is 6.88. The quantitative estimate of drug-likeness (QED) is 0.678. The van der Waals surface area contributed by atoms with Gasteiger partial charge in [0.1, 0.15) is 6.10 Å². The van der Waals surface area contributed by atoms with Crippen molar-refractivity contribution in [2.75, 3.05) is 20.2 Å². The summed E-state index contributed by atoms with van der Waals surface area (Å²) < 4.78 is 43.0. The minimum Gasteiger partial charge on any atom is -0.390 e. The molecule has 3 N–H and O–H groups in total. The lowest BCUT2D eigenvalue weighted by Gasteiger charge is -2.36. The fourth-order valence-corrected chi connectivity index (χ4v) is 2.14. The highest BCUT2D eigenvalue weighted by Gasteiger charge is 2.37. The molecule has 0 amide bonds. The molecule has 4 atom stereocenters. The van der Waals surface area contributed by atoms with Gasteiger partial charge < -0.3 is 20.3 Å². The van der Waals surface area contributed by atoms with Gasteiger partial charge in [-0.25, -0.2) is 9.98 Å². The molecule has 0 radical (unpaired) electrons. The fourth-order valence-electron chi connectivity index (χ4n) is 2.14. The molecule has 2 heterocycles. The van der Waals surface area contributed by atoms with E-state index in [9.17, 15) is 23.4 Å². The van der Waals surface area contributed by atoms with E-state index in [0.29, 0.717) is 12.7 Å². The summed E-state index contributed by atoms with van der Waals surface area (Å²) in [5.41, 5.74) is -1.15. The normalized spacial score (nSPS) is 29.1. The highest BCUT2D eigenvalue weighted by molar-refractivity contribution is 5.65. The topological polar surface area (TPSA) is 99.9 Å². The van der Waals surface area contributed by atoms with E-state index in [-0.39, 0.29) is 12.4 Å².